The number of benzene rings is 1. The van der Waals surface area contributed by atoms with Crippen LogP contribution >= 0.6 is 11.8 Å². The number of ether oxygens (including phenoxy) is 1. The molecule has 0 unspecified atom stereocenters. The van der Waals surface area contributed by atoms with Crippen molar-refractivity contribution in [2.75, 3.05) is 25.2 Å². The minimum atomic E-state index is -0.700. The number of nitrogens with zero attached hydrogens (tertiary/aromatic N) is 3. The second kappa shape index (κ2) is 8.09. The zero-order valence-electron chi connectivity index (χ0n) is 13.7. The predicted molar refractivity (Wildman–Crippen MR) is 91.9 cm³/mol. The highest BCUT2D eigenvalue weighted by atomic mass is 32.2. The fourth-order valence-corrected chi connectivity index (χ4v) is 3.26. The minimum absolute atomic E-state index is 0.107. The van der Waals surface area contributed by atoms with Gasteiger partial charge in [0.15, 0.2) is 11.6 Å². The van der Waals surface area contributed by atoms with Gasteiger partial charge in [0.05, 0.1) is 5.69 Å². The molecule has 1 N–H and O–H groups in total. The van der Waals surface area contributed by atoms with E-state index in [-0.39, 0.29) is 11.7 Å². The van der Waals surface area contributed by atoms with Crippen molar-refractivity contribution in [1.82, 2.24) is 14.8 Å². The molecule has 0 bridgehead atoms. The van der Waals surface area contributed by atoms with E-state index in [4.69, 9.17) is 4.74 Å². The van der Waals surface area contributed by atoms with Crippen LogP contribution in [0.4, 0.5) is 4.39 Å². The van der Waals surface area contributed by atoms with Gasteiger partial charge in [-0.2, -0.15) is 16.9 Å². The third-order valence-electron chi connectivity index (χ3n) is 4.25. The van der Waals surface area contributed by atoms with Crippen molar-refractivity contribution in [2.45, 2.75) is 25.4 Å². The summed E-state index contributed by atoms with van der Waals surface area (Å²) in [5, 5.41) is 15.4. The summed E-state index contributed by atoms with van der Waals surface area (Å²) in [6, 6.07) is 6.09. The Labute approximate surface area is 145 Å². The van der Waals surface area contributed by atoms with E-state index in [9.17, 15) is 9.50 Å². The van der Waals surface area contributed by atoms with E-state index in [0.29, 0.717) is 30.5 Å². The molecule has 24 heavy (non-hydrogen) atoms. The van der Waals surface area contributed by atoms with Gasteiger partial charge >= 0.3 is 0 Å². The normalized spacial score (nSPS) is 17.1. The van der Waals surface area contributed by atoms with Crippen LogP contribution in [0.3, 0.4) is 0 Å². The van der Waals surface area contributed by atoms with Crippen LogP contribution in [-0.2, 0) is 11.2 Å². The quantitative estimate of drug-likeness (QED) is 0.867. The third-order valence-corrected chi connectivity index (χ3v) is 4.87. The average molecular weight is 351 g/mol. The van der Waals surface area contributed by atoms with E-state index < -0.39 is 6.10 Å². The molecule has 1 aliphatic heterocycles. The van der Waals surface area contributed by atoms with E-state index in [1.165, 1.54) is 12.1 Å². The highest BCUT2D eigenvalue weighted by molar-refractivity contribution is 7.98. The highest BCUT2D eigenvalue weighted by Gasteiger charge is 2.28. The maximum absolute atomic E-state index is 13.2. The molecule has 3 rings (SSSR count). The van der Waals surface area contributed by atoms with Gasteiger partial charge in [0.1, 0.15) is 11.9 Å². The molecule has 0 aliphatic carbocycles. The van der Waals surface area contributed by atoms with Gasteiger partial charge in [-0.1, -0.05) is 0 Å². The van der Waals surface area contributed by atoms with Crippen LogP contribution in [0.1, 0.15) is 30.6 Å². The van der Waals surface area contributed by atoms with Gasteiger partial charge in [-0.15, -0.1) is 0 Å². The average Bonchev–Trinajstić information content (AvgIpc) is 3.05. The number of rotatable bonds is 6. The molecule has 1 saturated heterocycles. The van der Waals surface area contributed by atoms with Crippen molar-refractivity contribution in [1.29, 1.82) is 0 Å². The smallest absolute Gasteiger partial charge is 0.161 e. The number of hydrogen-bond acceptors (Lipinski definition) is 5. The molecule has 0 spiro atoms. The topological polar surface area (TPSA) is 60.2 Å². The summed E-state index contributed by atoms with van der Waals surface area (Å²) < 4.78 is 20.2. The Kier molecular flexibility index (Phi) is 5.86. The first-order valence-corrected chi connectivity index (χ1v) is 9.55. The molecule has 1 aromatic heterocycles. The summed E-state index contributed by atoms with van der Waals surface area (Å²) in [7, 11) is 0. The lowest BCUT2D eigenvalue weighted by Crippen LogP contribution is -2.24. The molecule has 1 aliphatic rings. The molecule has 1 atom stereocenters. The van der Waals surface area contributed by atoms with Gasteiger partial charge < -0.3 is 9.84 Å². The van der Waals surface area contributed by atoms with E-state index >= 15 is 0 Å². The SMILES string of the molecule is CSCCc1nc([C@H](O)C2CCOCC2)n(-c2ccc(F)cc2)n1. The number of aryl methyl sites for hydroxylation is 1. The molecule has 1 fully saturated rings. The van der Waals surface area contributed by atoms with Gasteiger partial charge in [-0.3, -0.25) is 0 Å². The fraction of sp³-hybridized carbons (Fsp3) is 0.529. The number of aliphatic hydroxyl groups excluding tert-OH is 1. The Hall–Kier alpha value is -1.44. The summed E-state index contributed by atoms with van der Waals surface area (Å²) in [6.07, 6.45) is 3.68. The Morgan fingerprint density at radius 1 is 1.33 bits per heavy atom. The first-order valence-electron chi connectivity index (χ1n) is 8.15. The van der Waals surface area contributed by atoms with E-state index in [0.717, 1.165) is 25.0 Å². The lowest BCUT2D eigenvalue weighted by Gasteiger charge is -2.26. The molecular formula is C17H22FN3O2S. The van der Waals surface area contributed by atoms with Gasteiger partial charge in [0, 0.05) is 25.4 Å². The van der Waals surface area contributed by atoms with E-state index in [1.807, 2.05) is 6.26 Å². The largest absolute Gasteiger partial charge is 0.385 e. The number of thioether (sulfide) groups is 1. The van der Waals surface area contributed by atoms with Crippen LogP contribution in [0.2, 0.25) is 0 Å². The standard InChI is InChI=1S/C17H22FN3O2S/c1-24-11-8-15-19-17(16(22)12-6-9-23-10-7-12)21(20-15)14-4-2-13(18)3-5-14/h2-5,12,16,22H,6-11H2,1H3/t16-/m1/s1. The monoisotopic (exact) mass is 351 g/mol. The predicted octanol–water partition coefficient (Wildman–Crippen LogP) is 2.77. The minimum Gasteiger partial charge on any atom is -0.385 e. The van der Waals surface area contributed by atoms with Crippen molar-refractivity contribution in [3.63, 3.8) is 0 Å². The molecule has 0 amide bonds. The first kappa shape index (κ1) is 17.4. The van der Waals surface area contributed by atoms with Crippen LogP contribution in [0.25, 0.3) is 5.69 Å². The van der Waals surface area contributed by atoms with Crippen molar-refractivity contribution in [2.24, 2.45) is 5.92 Å². The second-order valence-corrected chi connectivity index (χ2v) is 6.90. The summed E-state index contributed by atoms with van der Waals surface area (Å²) >= 11 is 1.73. The molecule has 7 heteroatoms. The second-order valence-electron chi connectivity index (χ2n) is 5.91. The summed E-state index contributed by atoms with van der Waals surface area (Å²) in [5.74, 6) is 1.96. The first-order chi connectivity index (χ1) is 11.7. The summed E-state index contributed by atoms with van der Waals surface area (Å²) in [5.41, 5.74) is 0.709. The maximum atomic E-state index is 13.2. The Bertz CT molecular complexity index is 656. The molecule has 2 aromatic rings. The molecule has 130 valence electrons. The molecular weight excluding hydrogens is 329 g/mol. The van der Waals surface area contributed by atoms with Crippen LogP contribution in [-0.4, -0.2) is 45.1 Å². The Morgan fingerprint density at radius 3 is 2.71 bits per heavy atom. The van der Waals surface area contributed by atoms with Gasteiger partial charge in [0.25, 0.3) is 0 Å². The van der Waals surface area contributed by atoms with Crippen molar-refractivity contribution in [3.8, 4) is 5.69 Å². The van der Waals surface area contributed by atoms with Crippen LogP contribution in [0.5, 0.6) is 0 Å². The highest BCUT2D eigenvalue weighted by Crippen LogP contribution is 2.30. The van der Waals surface area contributed by atoms with Crippen molar-refractivity contribution in [3.05, 3.63) is 41.7 Å². The van der Waals surface area contributed by atoms with Gasteiger partial charge in [-0.05, 0) is 49.3 Å². The van der Waals surface area contributed by atoms with E-state index in [2.05, 4.69) is 10.1 Å². The number of hydrogen-bond donors (Lipinski definition) is 1. The molecule has 0 saturated carbocycles. The lowest BCUT2D eigenvalue weighted by molar-refractivity contribution is 0.00299. The Morgan fingerprint density at radius 2 is 2.04 bits per heavy atom. The maximum Gasteiger partial charge on any atom is 0.161 e. The fourth-order valence-electron chi connectivity index (χ4n) is 2.87. The Balaban J connectivity index is 1.92. The zero-order chi connectivity index (χ0) is 16.9. The zero-order valence-corrected chi connectivity index (χ0v) is 14.5. The third kappa shape index (κ3) is 3.96. The van der Waals surface area contributed by atoms with Crippen LogP contribution in [0, 0.1) is 11.7 Å². The van der Waals surface area contributed by atoms with Crippen LogP contribution < -0.4 is 0 Å². The van der Waals surface area contributed by atoms with Gasteiger partial charge in [0.2, 0.25) is 0 Å². The van der Waals surface area contributed by atoms with Crippen LogP contribution in [0.15, 0.2) is 24.3 Å². The lowest BCUT2D eigenvalue weighted by atomic mass is 9.93. The summed E-state index contributed by atoms with van der Waals surface area (Å²) in [4.78, 5) is 4.58. The number of halogens is 1. The van der Waals surface area contributed by atoms with Gasteiger partial charge in [-0.25, -0.2) is 14.1 Å². The molecule has 1 aromatic carbocycles. The molecule has 5 nitrogen and oxygen atoms in total. The molecule has 2 heterocycles. The summed E-state index contributed by atoms with van der Waals surface area (Å²) in [6.45, 7) is 1.32. The number of aromatic nitrogens is 3. The molecule has 0 radical (unpaired) electrons. The van der Waals surface area contributed by atoms with E-state index in [1.54, 1.807) is 28.6 Å². The van der Waals surface area contributed by atoms with Crippen molar-refractivity contribution < 1.29 is 14.2 Å². The number of aliphatic hydroxyl groups is 1. The van der Waals surface area contributed by atoms with Crippen molar-refractivity contribution >= 4 is 11.8 Å².